The third-order valence-corrected chi connectivity index (χ3v) is 6.53. The summed E-state index contributed by atoms with van der Waals surface area (Å²) >= 11 is 13.0. The zero-order valence-corrected chi connectivity index (χ0v) is 19.1. The molecule has 0 aliphatic carbocycles. The molecule has 4 aromatic rings. The first-order valence-electron chi connectivity index (χ1n) is 9.73. The van der Waals surface area contributed by atoms with Gasteiger partial charge in [0.15, 0.2) is 5.11 Å². The Morgan fingerprint density at radius 3 is 2.44 bits per heavy atom. The third kappa shape index (κ3) is 5.13. The third-order valence-electron chi connectivity index (χ3n) is 4.65. The molecule has 0 fully saturated rings. The molecule has 0 unspecified atom stereocenters. The van der Waals surface area contributed by atoms with Crippen molar-refractivity contribution in [1.82, 2.24) is 10.6 Å². The minimum atomic E-state index is -0.384. The van der Waals surface area contributed by atoms with Gasteiger partial charge in [-0.15, -0.1) is 11.3 Å². The number of hydrogen-bond donors (Lipinski definition) is 3. The maximum absolute atomic E-state index is 12.7. The number of hydrogen-bond acceptors (Lipinski definition) is 4. The highest BCUT2D eigenvalue weighted by Crippen LogP contribution is 2.34. The first kappa shape index (κ1) is 22.0. The lowest BCUT2D eigenvalue weighted by Gasteiger charge is -2.11. The SMILES string of the molecule is O=C(NCc1ccccc1)c1cccc(NC(=S)NC(=O)c2sc3ccccc3c2Cl)c1. The highest BCUT2D eigenvalue weighted by molar-refractivity contribution is 7.80. The zero-order chi connectivity index (χ0) is 22.5. The van der Waals surface area contributed by atoms with Gasteiger partial charge < -0.3 is 10.6 Å². The van der Waals surface area contributed by atoms with Crippen LogP contribution in [0.5, 0.6) is 0 Å². The summed E-state index contributed by atoms with van der Waals surface area (Å²) < 4.78 is 0.927. The molecule has 0 atom stereocenters. The van der Waals surface area contributed by atoms with Crippen LogP contribution in [0.1, 0.15) is 25.6 Å². The molecule has 0 aliphatic rings. The Balaban J connectivity index is 1.38. The summed E-state index contributed by atoms with van der Waals surface area (Å²) in [4.78, 5) is 25.5. The smallest absolute Gasteiger partial charge is 0.269 e. The van der Waals surface area contributed by atoms with Gasteiger partial charge in [-0.05, 0) is 42.0 Å². The minimum Gasteiger partial charge on any atom is -0.348 e. The van der Waals surface area contributed by atoms with Gasteiger partial charge in [-0.1, -0.05) is 66.2 Å². The lowest BCUT2D eigenvalue weighted by atomic mass is 10.1. The van der Waals surface area contributed by atoms with Gasteiger partial charge in [0.1, 0.15) is 4.88 Å². The van der Waals surface area contributed by atoms with E-state index in [1.54, 1.807) is 24.3 Å². The van der Waals surface area contributed by atoms with Crippen LogP contribution in [0, 0.1) is 0 Å². The molecule has 160 valence electrons. The maximum Gasteiger partial charge on any atom is 0.269 e. The molecule has 0 saturated carbocycles. The number of rotatable bonds is 5. The number of amides is 2. The number of anilines is 1. The first-order valence-corrected chi connectivity index (χ1v) is 11.3. The van der Waals surface area contributed by atoms with E-state index in [0.717, 1.165) is 15.6 Å². The van der Waals surface area contributed by atoms with Crippen LogP contribution >= 0.6 is 35.2 Å². The summed E-state index contributed by atoms with van der Waals surface area (Å²) in [6.45, 7) is 0.432. The molecule has 0 aliphatic heterocycles. The van der Waals surface area contributed by atoms with Gasteiger partial charge in [-0.3, -0.25) is 14.9 Å². The van der Waals surface area contributed by atoms with Gasteiger partial charge in [0.05, 0.1) is 5.02 Å². The van der Waals surface area contributed by atoms with Gasteiger partial charge in [-0.2, -0.15) is 0 Å². The average molecular weight is 480 g/mol. The van der Waals surface area contributed by atoms with Crippen LogP contribution in [0.25, 0.3) is 10.1 Å². The Hall–Kier alpha value is -3.26. The fourth-order valence-corrected chi connectivity index (χ4v) is 4.72. The van der Waals surface area contributed by atoms with Gasteiger partial charge in [0.25, 0.3) is 11.8 Å². The molecule has 0 spiro atoms. The van der Waals surface area contributed by atoms with Gasteiger partial charge in [0.2, 0.25) is 0 Å². The van der Waals surface area contributed by atoms with Crippen LogP contribution in [0.3, 0.4) is 0 Å². The molecule has 4 rings (SSSR count). The fraction of sp³-hybridized carbons (Fsp3) is 0.0417. The molecule has 0 saturated heterocycles. The second kappa shape index (κ2) is 9.91. The molecule has 8 heteroatoms. The standard InChI is InChI=1S/C24H18ClN3O2S2/c25-20-18-11-4-5-12-19(18)32-21(20)23(30)28-24(31)27-17-10-6-9-16(13-17)22(29)26-14-15-7-2-1-3-8-15/h1-13H,14H2,(H,26,29)(H2,27,28,30,31). The molecular weight excluding hydrogens is 462 g/mol. The van der Waals surface area contributed by atoms with Crippen molar-refractivity contribution in [2.45, 2.75) is 6.54 Å². The van der Waals surface area contributed by atoms with Crippen LogP contribution in [-0.4, -0.2) is 16.9 Å². The topological polar surface area (TPSA) is 70.2 Å². The average Bonchev–Trinajstić information content (AvgIpc) is 3.15. The second-order valence-electron chi connectivity index (χ2n) is 6.90. The number of thiophene rings is 1. The van der Waals surface area contributed by atoms with E-state index in [4.69, 9.17) is 23.8 Å². The van der Waals surface area contributed by atoms with Crippen LogP contribution in [0.2, 0.25) is 5.02 Å². The van der Waals surface area contributed by atoms with Crippen molar-refractivity contribution in [1.29, 1.82) is 0 Å². The van der Waals surface area contributed by atoms with E-state index in [1.807, 2.05) is 54.6 Å². The fourth-order valence-electron chi connectivity index (χ4n) is 3.10. The molecular formula is C24H18ClN3O2S2. The Bertz CT molecular complexity index is 1310. The van der Waals surface area contributed by atoms with Gasteiger partial charge in [0, 0.05) is 27.9 Å². The lowest BCUT2D eigenvalue weighted by molar-refractivity contribution is 0.0948. The summed E-state index contributed by atoms with van der Waals surface area (Å²) in [5.74, 6) is -0.588. The zero-order valence-electron chi connectivity index (χ0n) is 16.7. The van der Waals surface area contributed by atoms with Gasteiger partial charge >= 0.3 is 0 Å². The summed E-state index contributed by atoms with van der Waals surface area (Å²) in [6.07, 6.45) is 0. The van der Waals surface area contributed by atoms with E-state index in [2.05, 4.69) is 16.0 Å². The lowest BCUT2D eigenvalue weighted by Crippen LogP contribution is -2.33. The Morgan fingerprint density at radius 2 is 1.66 bits per heavy atom. The molecule has 3 N–H and O–H groups in total. The van der Waals surface area contributed by atoms with Crippen LogP contribution < -0.4 is 16.0 Å². The number of carbonyl (C=O) groups excluding carboxylic acids is 2. The van der Waals surface area contributed by atoms with E-state index in [9.17, 15) is 9.59 Å². The number of benzene rings is 3. The molecule has 2 amide bonds. The molecule has 5 nitrogen and oxygen atoms in total. The van der Waals surface area contributed by atoms with Gasteiger partial charge in [-0.25, -0.2) is 0 Å². The number of halogens is 1. The quantitative estimate of drug-likeness (QED) is 0.325. The van der Waals surface area contributed by atoms with E-state index in [0.29, 0.717) is 27.7 Å². The van der Waals surface area contributed by atoms with Crippen molar-refractivity contribution in [3.05, 3.63) is 99.9 Å². The Kier molecular flexibility index (Phi) is 6.80. The summed E-state index contributed by atoms with van der Waals surface area (Å²) in [5, 5.41) is 9.83. The van der Waals surface area contributed by atoms with E-state index in [1.165, 1.54) is 11.3 Å². The number of fused-ring (bicyclic) bond motifs is 1. The van der Waals surface area contributed by atoms with Crippen molar-refractivity contribution in [3.8, 4) is 0 Å². The number of nitrogens with one attached hydrogen (secondary N) is 3. The number of carbonyl (C=O) groups is 2. The summed E-state index contributed by atoms with van der Waals surface area (Å²) in [7, 11) is 0. The van der Waals surface area contributed by atoms with E-state index in [-0.39, 0.29) is 16.9 Å². The Morgan fingerprint density at radius 1 is 0.906 bits per heavy atom. The maximum atomic E-state index is 12.7. The molecule has 32 heavy (non-hydrogen) atoms. The summed E-state index contributed by atoms with van der Waals surface area (Å²) in [6, 6.07) is 24.1. The van der Waals surface area contributed by atoms with Crippen molar-refractivity contribution in [3.63, 3.8) is 0 Å². The highest BCUT2D eigenvalue weighted by atomic mass is 35.5. The predicted molar refractivity (Wildman–Crippen MR) is 135 cm³/mol. The molecule has 3 aromatic carbocycles. The normalized spacial score (nSPS) is 10.5. The van der Waals surface area contributed by atoms with Crippen LogP contribution in [0.4, 0.5) is 5.69 Å². The molecule has 1 heterocycles. The van der Waals surface area contributed by atoms with Crippen molar-refractivity contribution >= 4 is 67.9 Å². The van der Waals surface area contributed by atoms with Crippen LogP contribution in [-0.2, 0) is 6.54 Å². The summed E-state index contributed by atoms with van der Waals surface area (Å²) in [5.41, 5.74) is 2.08. The van der Waals surface area contributed by atoms with Crippen molar-refractivity contribution in [2.75, 3.05) is 5.32 Å². The highest BCUT2D eigenvalue weighted by Gasteiger charge is 2.18. The molecule has 1 aromatic heterocycles. The number of thiocarbonyl (C=S) groups is 1. The van der Waals surface area contributed by atoms with E-state index < -0.39 is 0 Å². The first-order chi connectivity index (χ1) is 15.5. The van der Waals surface area contributed by atoms with Crippen molar-refractivity contribution < 1.29 is 9.59 Å². The largest absolute Gasteiger partial charge is 0.348 e. The van der Waals surface area contributed by atoms with Crippen molar-refractivity contribution in [2.24, 2.45) is 0 Å². The monoisotopic (exact) mass is 479 g/mol. The minimum absolute atomic E-state index is 0.116. The molecule has 0 radical (unpaired) electrons. The van der Waals surface area contributed by atoms with Crippen LogP contribution in [0.15, 0.2) is 78.9 Å². The Labute approximate surface area is 199 Å². The predicted octanol–water partition coefficient (Wildman–Crippen LogP) is 5.61. The molecule has 0 bridgehead atoms. The second-order valence-corrected chi connectivity index (χ2v) is 8.74. The van der Waals surface area contributed by atoms with E-state index >= 15 is 0 Å².